The van der Waals surface area contributed by atoms with Gasteiger partial charge in [-0.05, 0) is 42.3 Å². The molecule has 0 saturated heterocycles. The molecule has 3 aromatic rings. The maximum atomic E-state index is 14.4. The SMILES string of the molecule is CC(C(=O)NCc1ccc(C(F)(F)F)nc1OCc1ccccc1)c1ccc(N(C)S(=O)[O-])c(F)c1. The van der Waals surface area contributed by atoms with Gasteiger partial charge in [0.1, 0.15) is 18.1 Å². The van der Waals surface area contributed by atoms with Crippen LogP contribution < -0.4 is 14.4 Å². The van der Waals surface area contributed by atoms with Gasteiger partial charge in [-0.3, -0.25) is 9.00 Å². The zero-order chi connectivity index (χ0) is 26.5. The minimum Gasteiger partial charge on any atom is -0.755 e. The first-order chi connectivity index (χ1) is 17.0. The van der Waals surface area contributed by atoms with E-state index in [1.54, 1.807) is 30.3 Å². The number of hydrogen-bond acceptors (Lipinski definition) is 5. The molecule has 0 aliphatic carbocycles. The molecule has 0 bridgehead atoms. The lowest BCUT2D eigenvalue weighted by molar-refractivity contribution is -0.141. The van der Waals surface area contributed by atoms with Crippen LogP contribution in [0.25, 0.3) is 0 Å². The second-order valence-electron chi connectivity index (χ2n) is 7.80. The number of carbonyl (C=O) groups excluding carboxylic acids is 1. The number of ether oxygens (including phenoxy) is 1. The summed E-state index contributed by atoms with van der Waals surface area (Å²) in [4.78, 5) is 16.3. The minimum absolute atomic E-state index is 0.0271. The number of anilines is 1. The van der Waals surface area contributed by atoms with E-state index in [9.17, 15) is 31.1 Å². The van der Waals surface area contributed by atoms with Crippen molar-refractivity contribution >= 4 is 22.9 Å². The summed E-state index contributed by atoms with van der Waals surface area (Å²) in [5, 5.41) is 2.60. The molecule has 3 rings (SSSR count). The van der Waals surface area contributed by atoms with E-state index < -0.39 is 40.8 Å². The molecule has 2 atom stereocenters. The molecule has 1 heterocycles. The van der Waals surface area contributed by atoms with E-state index in [0.717, 1.165) is 17.7 Å². The first-order valence-corrected chi connectivity index (χ1v) is 11.6. The molecule has 12 heteroatoms. The second-order valence-corrected chi connectivity index (χ2v) is 8.78. The highest BCUT2D eigenvalue weighted by Gasteiger charge is 2.33. The Labute approximate surface area is 207 Å². The molecule has 0 fully saturated rings. The Morgan fingerprint density at radius 2 is 1.86 bits per heavy atom. The number of aromatic nitrogens is 1. The number of rotatable bonds is 9. The normalized spacial score (nSPS) is 13.1. The number of hydrogen-bond donors (Lipinski definition) is 1. The quantitative estimate of drug-likeness (QED) is 0.329. The van der Waals surface area contributed by atoms with Crippen LogP contribution in [0.5, 0.6) is 5.88 Å². The van der Waals surface area contributed by atoms with Gasteiger partial charge in [-0.2, -0.15) is 13.2 Å². The predicted octanol–water partition coefficient (Wildman–Crippen LogP) is 4.47. The van der Waals surface area contributed by atoms with Crippen molar-refractivity contribution in [1.29, 1.82) is 0 Å². The molecule has 1 aromatic heterocycles. The highest BCUT2D eigenvalue weighted by atomic mass is 32.2. The molecule has 7 nitrogen and oxygen atoms in total. The van der Waals surface area contributed by atoms with E-state index in [1.165, 1.54) is 32.2 Å². The van der Waals surface area contributed by atoms with Crippen LogP contribution in [-0.2, 0) is 35.4 Å². The molecule has 36 heavy (non-hydrogen) atoms. The third kappa shape index (κ3) is 6.79. The highest BCUT2D eigenvalue weighted by Crippen LogP contribution is 2.31. The topological polar surface area (TPSA) is 94.6 Å². The largest absolute Gasteiger partial charge is 0.755 e. The lowest BCUT2D eigenvalue weighted by atomic mass is 9.99. The number of nitrogens with zero attached hydrogens (tertiary/aromatic N) is 2. The highest BCUT2D eigenvalue weighted by molar-refractivity contribution is 7.80. The van der Waals surface area contributed by atoms with Crippen LogP contribution in [0.2, 0.25) is 0 Å². The maximum Gasteiger partial charge on any atom is 0.433 e. The molecule has 2 unspecified atom stereocenters. The van der Waals surface area contributed by atoms with E-state index in [1.807, 2.05) is 0 Å². The first kappa shape index (κ1) is 27.1. The fourth-order valence-electron chi connectivity index (χ4n) is 3.23. The van der Waals surface area contributed by atoms with Gasteiger partial charge in [0.2, 0.25) is 11.8 Å². The smallest absolute Gasteiger partial charge is 0.433 e. The summed E-state index contributed by atoms with van der Waals surface area (Å²) in [5.41, 5.74) is -0.0907. The number of halogens is 4. The lowest BCUT2D eigenvalue weighted by Crippen LogP contribution is -2.28. The van der Waals surface area contributed by atoms with Crippen molar-refractivity contribution in [3.8, 4) is 5.88 Å². The summed E-state index contributed by atoms with van der Waals surface area (Å²) in [5.74, 6) is -2.47. The molecule has 0 spiro atoms. The van der Waals surface area contributed by atoms with E-state index in [-0.39, 0.29) is 35.8 Å². The standard InChI is InChI=1S/C24H23F4N3O4S/c1-15(17-8-10-20(19(25)12-17)31(2)36(33)34)22(32)29-13-18-9-11-21(24(26,27)28)30-23(18)35-14-16-6-4-3-5-7-16/h3-12,15H,13-14H2,1-2H3,(H,29,32)(H,33,34)/p-1. The lowest BCUT2D eigenvalue weighted by Gasteiger charge is -2.22. The first-order valence-electron chi connectivity index (χ1n) is 10.6. The molecular formula is C24H22F4N3O4S-. The summed E-state index contributed by atoms with van der Waals surface area (Å²) in [6, 6.07) is 14.5. The van der Waals surface area contributed by atoms with Crippen molar-refractivity contribution in [2.24, 2.45) is 0 Å². The van der Waals surface area contributed by atoms with Crippen LogP contribution >= 0.6 is 0 Å². The Kier molecular flexibility index (Phi) is 8.64. The fourth-order valence-corrected chi connectivity index (χ4v) is 3.54. The average molecular weight is 525 g/mol. The minimum atomic E-state index is -4.68. The second kappa shape index (κ2) is 11.5. The van der Waals surface area contributed by atoms with Crippen molar-refractivity contribution < 1.29 is 35.9 Å². The van der Waals surface area contributed by atoms with E-state index in [4.69, 9.17) is 4.74 Å². The van der Waals surface area contributed by atoms with Gasteiger partial charge in [0.05, 0.1) is 11.6 Å². The van der Waals surface area contributed by atoms with Gasteiger partial charge < -0.3 is 18.9 Å². The summed E-state index contributed by atoms with van der Waals surface area (Å²) in [7, 11) is 1.17. The van der Waals surface area contributed by atoms with E-state index in [0.29, 0.717) is 4.31 Å². The van der Waals surface area contributed by atoms with E-state index in [2.05, 4.69) is 10.3 Å². The Morgan fingerprint density at radius 3 is 2.47 bits per heavy atom. The summed E-state index contributed by atoms with van der Waals surface area (Å²) in [6.45, 7) is 1.30. The number of nitrogens with one attached hydrogen (secondary N) is 1. The van der Waals surface area contributed by atoms with Gasteiger partial charge in [-0.15, -0.1) is 0 Å². The van der Waals surface area contributed by atoms with Gasteiger partial charge in [-0.25, -0.2) is 9.37 Å². The predicted molar refractivity (Wildman–Crippen MR) is 124 cm³/mol. The Bertz CT molecular complexity index is 1240. The summed E-state index contributed by atoms with van der Waals surface area (Å²) >= 11 is -2.67. The number of carbonyl (C=O) groups is 1. The molecule has 0 radical (unpaired) electrons. The number of alkyl halides is 3. The van der Waals surface area contributed by atoms with Gasteiger partial charge in [0.25, 0.3) is 0 Å². The Balaban J connectivity index is 1.74. The number of pyridine rings is 1. The van der Waals surface area contributed by atoms with Crippen LogP contribution in [0.15, 0.2) is 60.7 Å². The van der Waals surface area contributed by atoms with Crippen molar-refractivity contribution in [3.63, 3.8) is 0 Å². The maximum absolute atomic E-state index is 14.4. The van der Waals surface area contributed by atoms with Crippen molar-refractivity contribution in [1.82, 2.24) is 10.3 Å². The van der Waals surface area contributed by atoms with Crippen LogP contribution in [0.1, 0.15) is 35.2 Å². The number of amides is 1. The van der Waals surface area contributed by atoms with E-state index >= 15 is 0 Å². The van der Waals surface area contributed by atoms with Crippen LogP contribution in [-0.4, -0.2) is 26.7 Å². The van der Waals surface area contributed by atoms with Crippen LogP contribution in [0, 0.1) is 5.82 Å². The van der Waals surface area contributed by atoms with Crippen molar-refractivity contribution in [3.05, 3.63) is 88.9 Å². The molecular weight excluding hydrogens is 502 g/mol. The van der Waals surface area contributed by atoms with Crippen LogP contribution in [0.3, 0.4) is 0 Å². The molecule has 0 aliphatic rings. The third-order valence-electron chi connectivity index (χ3n) is 5.33. The molecule has 1 amide bonds. The van der Waals surface area contributed by atoms with Gasteiger partial charge >= 0.3 is 6.18 Å². The Hall–Kier alpha value is -3.51. The molecule has 0 aliphatic heterocycles. The summed E-state index contributed by atoms with van der Waals surface area (Å²) < 4.78 is 82.2. The average Bonchev–Trinajstić information content (AvgIpc) is 2.85. The molecule has 1 N–H and O–H groups in total. The van der Waals surface area contributed by atoms with Crippen molar-refractivity contribution in [2.45, 2.75) is 32.2 Å². The third-order valence-corrected chi connectivity index (χ3v) is 5.97. The molecule has 2 aromatic carbocycles. The molecule has 192 valence electrons. The molecule has 0 saturated carbocycles. The fraction of sp³-hybridized carbons (Fsp3) is 0.250. The van der Waals surface area contributed by atoms with Gasteiger partial charge in [0.15, 0.2) is 0 Å². The van der Waals surface area contributed by atoms with Crippen LogP contribution in [0.4, 0.5) is 23.2 Å². The summed E-state index contributed by atoms with van der Waals surface area (Å²) in [6.07, 6.45) is -4.68. The Morgan fingerprint density at radius 1 is 1.17 bits per heavy atom. The monoisotopic (exact) mass is 524 g/mol. The zero-order valence-electron chi connectivity index (χ0n) is 19.2. The number of benzene rings is 2. The van der Waals surface area contributed by atoms with Gasteiger partial charge in [0, 0.05) is 30.4 Å². The van der Waals surface area contributed by atoms with Gasteiger partial charge in [-0.1, -0.05) is 36.4 Å². The zero-order valence-corrected chi connectivity index (χ0v) is 20.0. The van der Waals surface area contributed by atoms with Crippen molar-refractivity contribution in [2.75, 3.05) is 11.4 Å².